The molecule has 1 unspecified atom stereocenters. The minimum Gasteiger partial charge on any atom is -0.466 e. The van der Waals surface area contributed by atoms with Crippen LogP contribution in [0.5, 0.6) is 0 Å². The highest BCUT2D eigenvalue weighted by molar-refractivity contribution is 5.69. The summed E-state index contributed by atoms with van der Waals surface area (Å²) in [5.41, 5.74) is 2.10. The average molecular weight is 282 g/mol. The number of unbranched alkanes of at least 4 members (excludes halogenated alkanes) is 2. The monoisotopic (exact) mass is 282 g/mol. The van der Waals surface area contributed by atoms with Gasteiger partial charge in [0, 0.05) is 18.0 Å². The van der Waals surface area contributed by atoms with Crippen LogP contribution in [0.2, 0.25) is 0 Å². The van der Waals surface area contributed by atoms with Crippen LogP contribution < -0.4 is 5.32 Å². The summed E-state index contributed by atoms with van der Waals surface area (Å²) in [7, 11) is 0. The molecule has 0 fully saturated rings. The van der Waals surface area contributed by atoms with Crippen molar-refractivity contribution in [2.45, 2.75) is 59.4 Å². The van der Waals surface area contributed by atoms with E-state index in [4.69, 9.17) is 9.26 Å². The standard InChI is InChI=1S/C15H26N2O3/c1-5-19-14(18)9-7-6-8-10-16-11(2)15-12(3)17-20-13(15)4/h11,16H,5-10H2,1-4H3. The zero-order chi connectivity index (χ0) is 15.0. The molecular weight excluding hydrogens is 256 g/mol. The molecule has 1 aromatic heterocycles. The molecule has 0 spiro atoms. The first-order valence-electron chi connectivity index (χ1n) is 7.38. The highest BCUT2D eigenvalue weighted by atomic mass is 16.5. The number of aryl methyl sites for hydroxylation is 2. The lowest BCUT2D eigenvalue weighted by Crippen LogP contribution is -2.20. The van der Waals surface area contributed by atoms with Crippen LogP contribution in [-0.4, -0.2) is 24.3 Å². The van der Waals surface area contributed by atoms with Crippen molar-refractivity contribution in [3.63, 3.8) is 0 Å². The van der Waals surface area contributed by atoms with Gasteiger partial charge in [-0.15, -0.1) is 0 Å². The number of aromatic nitrogens is 1. The van der Waals surface area contributed by atoms with Crippen LogP contribution in [-0.2, 0) is 9.53 Å². The van der Waals surface area contributed by atoms with Gasteiger partial charge in [-0.1, -0.05) is 11.6 Å². The molecule has 0 aromatic carbocycles. The average Bonchev–Trinajstić information content (AvgIpc) is 2.73. The van der Waals surface area contributed by atoms with Gasteiger partial charge in [-0.05, 0) is 47.1 Å². The number of ether oxygens (including phenoxy) is 1. The Bertz CT molecular complexity index is 396. The summed E-state index contributed by atoms with van der Waals surface area (Å²) in [6.45, 7) is 9.24. The predicted octanol–water partition coefficient (Wildman–Crippen LogP) is 3.07. The molecule has 0 saturated heterocycles. The SMILES string of the molecule is CCOC(=O)CCCCCNC(C)c1c(C)noc1C. The molecule has 1 N–H and O–H groups in total. The molecule has 0 saturated carbocycles. The molecule has 5 heteroatoms. The molecule has 20 heavy (non-hydrogen) atoms. The predicted molar refractivity (Wildman–Crippen MR) is 77.5 cm³/mol. The zero-order valence-electron chi connectivity index (χ0n) is 13.0. The summed E-state index contributed by atoms with van der Waals surface area (Å²) in [4.78, 5) is 11.2. The Kier molecular flexibility index (Phi) is 7.30. The van der Waals surface area contributed by atoms with Gasteiger partial charge in [0.25, 0.3) is 0 Å². The molecule has 0 radical (unpaired) electrons. The van der Waals surface area contributed by atoms with Gasteiger partial charge in [0.2, 0.25) is 0 Å². The molecule has 0 aliphatic heterocycles. The lowest BCUT2D eigenvalue weighted by molar-refractivity contribution is -0.143. The van der Waals surface area contributed by atoms with E-state index >= 15 is 0 Å². The van der Waals surface area contributed by atoms with Crippen molar-refractivity contribution in [2.24, 2.45) is 0 Å². The molecule has 0 aliphatic carbocycles. The molecule has 5 nitrogen and oxygen atoms in total. The first-order valence-corrected chi connectivity index (χ1v) is 7.38. The first kappa shape index (κ1) is 16.7. The number of rotatable bonds is 9. The highest BCUT2D eigenvalue weighted by Crippen LogP contribution is 2.20. The Morgan fingerprint density at radius 2 is 2.10 bits per heavy atom. The van der Waals surface area contributed by atoms with Crippen molar-refractivity contribution in [1.29, 1.82) is 0 Å². The van der Waals surface area contributed by atoms with E-state index < -0.39 is 0 Å². The van der Waals surface area contributed by atoms with Gasteiger partial charge < -0.3 is 14.6 Å². The smallest absolute Gasteiger partial charge is 0.305 e. The quantitative estimate of drug-likeness (QED) is 0.557. The Hall–Kier alpha value is -1.36. The lowest BCUT2D eigenvalue weighted by Gasteiger charge is -2.13. The van der Waals surface area contributed by atoms with Crippen LogP contribution >= 0.6 is 0 Å². The van der Waals surface area contributed by atoms with Gasteiger partial charge in [0.05, 0.1) is 12.3 Å². The molecule has 1 atom stereocenters. The van der Waals surface area contributed by atoms with E-state index in [2.05, 4.69) is 17.4 Å². The summed E-state index contributed by atoms with van der Waals surface area (Å²) < 4.78 is 10.1. The highest BCUT2D eigenvalue weighted by Gasteiger charge is 2.15. The van der Waals surface area contributed by atoms with E-state index in [0.717, 1.165) is 42.8 Å². The maximum atomic E-state index is 11.2. The maximum Gasteiger partial charge on any atom is 0.305 e. The number of hydrogen-bond acceptors (Lipinski definition) is 5. The van der Waals surface area contributed by atoms with Crippen molar-refractivity contribution in [2.75, 3.05) is 13.2 Å². The molecule has 1 heterocycles. The Balaban J connectivity index is 2.14. The third-order valence-corrected chi connectivity index (χ3v) is 3.34. The fourth-order valence-corrected chi connectivity index (χ4v) is 2.33. The van der Waals surface area contributed by atoms with Gasteiger partial charge in [-0.25, -0.2) is 0 Å². The van der Waals surface area contributed by atoms with Gasteiger partial charge >= 0.3 is 5.97 Å². The summed E-state index contributed by atoms with van der Waals surface area (Å²) in [5.74, 6) is 0.786. The fourth-order valence-electron chi connectivity index (χ4n) is 2.33. The number of carbonyl (C=O) groups excluding carboxylic acids is 1. The maximum absolute atomic E-state index is 11.2. The second-order valence-electron chi connectivity index (χ2n) is 5.03. The van der Waals surface area contributed by atoms with Crippen molar-refractivity contribution in [1.82, 2.24) is 10.5 Å². The Morgan fingerprint density at radius 1 is 1.35 bits per heavy atom. The van der Waals surface area contributed by atoms with Gasteiger partial charge in [0.15, 0.2) is 0 Å². The largest absolute Gasteiger partial charge is 0.466 e. The van der Waals surface area contributed by atoms with E-state index in [1.165, 1.54) is 0 Å². The van der Waals surface area contributed by atoms with Crippen molar-refractivity contribution in [3.05, 3.63) is 17.0 Å². The summed E-state index contributed by atoms with van der Waals surface area (Å²) >= 11 is 0. The minimum absolute atomic E-state index is 0.0930. The zero-order valence-corrected chi connectivity index (χ0v) is 13.0. The van der Waals surface area contributed by atoms with Crippen LogP contribution in [0.15, 0.2) is 4.52 Å². The molecule has 1 rings (SSSR count). The van der Waals surface area contributed by atoms with Crippen LogP contribution in [0.1, 0.15) is 62.6 Å². The molecular formula is C15H26N2O3. The van der Waals surface area contributed by atoms with Crippen LogP contribution in [0.3, 0.4) is 0 Å². The Labute approximate surface area is 121 Å². The number of nitrogens with zero attached hydrogens (tertiary/aromatic N) is 1. The number of esters is 1. The van der Waals surface area contributed by atoms with Crippen LogP contribution in [0, 0.1) is 13.8 Å². The molecule has 0 aliphatic rings. The van der Waals surface area contributed by atoms with E-state index in [9.17, 15) is 4.79 Å². The first-order chi connectivity index (χ1) is 9.56. The van der Waals surface area contributed by atoms with Crippen LogP contribution in [0.25, 0.3) is 0 Å². The van der Waals surface area contributed by atoms with E-state index in [-0.39, 0.29) is 12.0 Å². The molecule has 0 bridgehead atoms. The Morgan fingerprint density at radius 3 is 2.70 bits per heavy atom. The fraction of sp³-hybridized carbons (Fsp3) is 0.733. The molecule has 1 aromatic rings. The minimum atomic E-state index is -0.0930. The van der Waals surface area contributed by atoms with Gasteiger partial charge in [0.1, 0.15) is 5.76 Å². The summed E-state index contributed by atoms with van der Waals surface area (Å²) in [6.07, 6.45) is 3.49. The molecule has 0 amide bonds. The number of nitrogens with one attached hydrogen (secondary N) is 1. The number of carbonyl (C=O) groups is 1. The van der Waals surface area contributed by atoms with Crippen LogP contribution in [0.4, 0.5) is 0 Å². The summed E-state index contributed by atoms with van der Waals surface area (Å²) in [5, 5.41) is 7.43. The topological polar surface area (TPSA) is 64.4 Å². The number of hydrogen-bond donors (Lipinski definition) is 1. The third-order valence-electron chi connectivity index (χ3n) is 3.34. The third kappa shape index (κ3) is 5.33. The van der Waals surface area contributed by atoms with Gasteiger partial charge in [-0.2, -0.15) is 0 Å². The van der Waals surface area contributed by atoms with E-state index in [0.29, 0.717) is 13.0 Å². The second-order valence-corrected chi connectivity index (χ2v) is 5.03. The van der Waals surface area contributed by atoms with Crippen molar-refractivity contribution < 1.29 is 14.1 Å². The van der Waals surface area contributed by atoms with Crippen molar-refractivity contribution >= 4 is 5.97 Å². The van der Waals surface area contributed by atoms with E-state index in [1.54, 1.807) is 0 Å². The molecule has 114 valence electrons. The summed E-state index contributed by atoms with van der Waals surface area (Å²) in [6, 6.07) is 0.242. The lowest BCUT2D eigenvalue weighted by atomic mass is 10.1. The van der Waals surface area contributed by atoms with Crippen molar-refractivity contribution in [3.8, 4) is 0 Å². The normalized spacial score (nSPS) is 12.4. The van der Waals surface area contributed by atoms with E-state index in [1.807, 2.05) is 20.8 Å². The van der Waals surface area contributed by atoms with Gasteiger partial charge in [-0.3, -0.25) is 4.79 Å². The second kappa shape index (κ2) is 8.74.